The Hall–Kier alpha value is -3.52. The zero-order valence-corrected chi connectivity index (χ0v) is 21.2. The van der Waals surface area contributed by atoms with Crippen LogP contribution in [0.5, 0.6) is 11.5 Å². The van der Waals surface area contributed by atoms with Crippen molar-refractivity contribution in [1.82, 2.24) is 5.32 Å². The van der Waals surface area contributed by atoms with Crippen molar-refractivity contribution >= 4 is 21.6 Å². The number of amides is 1. The molecule has 3 aromatic rings. The molecule has 1 amide bonds. The van der Waals surface area contributed by atoms with Crippen LogP contribution >= 0.6 is 0 Å². The normalized spacial score (nSPS) is 13.7. The van der Waals surface area contributed by atoms with Gasteiger partial charge in [0.1, 0.15) is 19.8 Å². The summed E-state index contributed by atoms with van der Waals surface area (Å²) in [6.45, 7) is 8.16. The van der Waals surface area contributed by atoms with Gasteiger partial charge in [-0.15, -0.1) is 0 Å². The SMILES string of the molecule is Cc1ccc(S(=O)(=O)N(CC(=O)N[C@H](C)c2ccc3c(c2)OCCO3)c2cc(C)cc(C)c2)cc1. The molecule has 0 unspecified atom stereocenters. The topological polar surface area (TPSA) is 84.9 Å². The number of sulfonamides is 1. The summed E-state index contributed by atoms with van der Waals surface area (Å²) in [5.41, 5.74) is 4.06. The second-order valence-electron chi connectivity index (χ2n) is 8.86. The molecule has 0 aromatic heterocycles. The molecule has 1 aliphatic rings. The van der Waals surface area contributed by atoms with Crippen molar-refractivity contribution in [1.29, 1.82) is 0 Å². The van der Waals surface area contributed by atoms with Crippen LogP contribution in [-0.4, -0.2) is 34.1 Å². The van der Waals surface area contributed by atoms with Crippen LogP contribution in [-0.2, 0) is 14.8 Å². The summed E-state index contributed by atoms with van der Waals surface area (Å²) in [7, 11) is -3.98. The third-order valence-electron chi connectivity index (χ3n) is 5.83. The van der Waals surface area contributed by atoms with Crippen molar-refractivity contribution in [3.05, 3.63) is 82.9 Å². The number of carbonyl (C=O) groups excluding carboxylic acids is 1. The molecule has 4 rings (SSSR count). The molecule has 8 heteroatoms. The molecule has 7 nitrogen and oxygen atoms in total. The van der Waals surface area contributed by atoms with Crippen LogP contribution in [0, 0.1) is 20.8 Å². The first-order valence-corrected chi connectivity index (χ1v) is 12.9. The van der Waals surface area contributed by atoms with Gasteiger partial charge >= 0.3 is 0 Å². The summed E-state index contributed by atoms with van der Waals surface area (Å²) >= 11 is 0. The molecule has 0 bridgehead atoms. The van der Waals surface area contributed by atoms with E-state index in [4.69, 9.17) is 9.47 Å². The van der Waals surface area contributed by atoms with E-state index in [-0.39, 0.29) is 17.5 Å². The number of nitrogens with zero attached hydrogens (tertiary/aromatic N) is 1. The molecule has 3 aromatic carbocycles. The Balaban J connectivity index is 1.60. The van der Waals surface area contributed by atoms with Crippen LogP contribution in [0.25, 0.3) is 0 Å². The zero-order valence-electron chi connectivity index (χ0n) is 20.4. The van der Waals surface area contributed by atoms with E-state index < -0.39 is 15.9 Å². The minimum absolute atomic E-state index is 0.134. The number of aryl methyl sites for hydroxylation is 3. The molecular weight excluding hydrogens is 464 g/mol. The summed E-state index contributed by atoms with van der Waals surface area (Å²) in [6, 6.07) is 17.3. The molecule has 184 valence electrons. The van der Waals surface area contributed by atoms with Crippen LogP contribution in [0.4, 0.5) is 5.69 Å². The van der Waals surface area contributed by atoms with Gasteiger partial charge in [0.2, 0.25) is 5.91 Å². The quantitative estimate of drug-likeness (QED) is 0.524. The second kappa shape index (κ2) is 10.00. The van der Waals surface area contributed by atoms with E-state index in [0.717, 1.165) is 22.3 Å². The summed E-state index contributed by atoms with van der Waals surface area (Å²) in [4.78, 5) is 13.3. The highest BCUT2D eigenvalue weighted by molar-refractivity contribution is 7.92. The molecular formula is C27H30N2O5S. The van der Waals surface area contributed by atoms with Gasteiger partial charge in [-0.2, -0.15) is 0 Å². The third kappa shape index (κ3) is 5.59. The molecule has 0 fully saturated rings. The first kappa shape index (κ1) is 24.6. The molecule has 0 saturated carbocycles. The van der Waals surface area contributed by atoms with Crippen molar-refractivity contribution in [3.8, 4) is 11.5 Å². The fourth-order valence-corrected chi connectivity index (χ4v) is 5.48. The highest BCUT2D eigenvalue weighted by Gasteiger charge is 2.28. The van der Waals surface area contributed by atoms with Gasteiger partial charge in [-0.05, 0) is 80.8 Å². The van der Waals surface area contributed by atoms with Crippen molar-refractivity contribution in [2.24, 2.45) is 0 Å². The van der Waals surface area contributed by atoms with E-state index in [1.54, 1.807) is 36.4 Å². The summed E-state index contributed by atoms with van der Waals surface area (Å²) in [5, 5.41) is 2.92. The van der Waals surface area contributed by atoms with Crippen molar-refractivity contribution < 1.29 is 22.7 Å². The molecule has 1 heterocycles. The van der Waals surface area contributed by atoms with E-state index in [1.165, 1.54) is 4.31 Å². The van der Waals surface area contributed by atoms with E-state index in [2.05, 4.69) is 5.32 Å². The van der Waals surface area contributed by atoms with Crippen LogP contribution in [0.2, 0.25) is 0 Å². The van der Waals surface area contributed by atoms with Gasteiger partial charge in [0.15, 0.2) is 11.5 Å². The van der Waals surface area contributed by atoms with Gasteiger partial charge in [0.25, 0.3) is 10.0 Å². The Morgan fingerprint density at radius 1 is 0.886 bits per heavy atom. The number of rotatable bonds is 7. The summed E-state index contributed by atoms with van der Waals surface area (Å²) in [5.74, 6) is 0.889. The minimum atomic E-state index is -3.98. The third-order valence-corrected chi connectivity index (χ3v) is 7.62. The number of hydrogen-bond acceptors (Lipinski definition) is 5. The van der Waals surface area contributed by atoms with Crippen LogP contribution < -0.4 is 19.1 Å². The molecule has 1 atom stereocenters. The van der Waals surface area contributed by atoms with Crippen LogP contribution in [0.3, 0.4) is 0 Å². The van der Waals surface area contributed by atoms with Gasteiger partial charge in [0.05, 0.1) is 16.6 Å². The van der Waals surface area contributed by atoms with Crippen molar-refractivity contribution in [2.45, 2.75) is 38.6 Å². The Morgan fingerprint density at radius 2 is 1.51 bits per heavy atom. The van der Waals surface area contributed by atoms with Crippen molar-refractivity contribution in [2.75, 3.05) is 24.1 Å². The molecule has 1 N–H and O–H groups in total. The lowest BCUT2D eigenvalue weighted by Crippen LogP contribution is -2.41. The second-order valence-corrected chi connectivity index (χ2v) is 10.7. The molecule has 35 heavy (non-hydrogen) atoms. The minimum Gasteiger partial charge on any atom is -0.486 e. The predicted octanol–water partition coefficient (Wildman–Crippen LogP) is 4.46. The first-order chi connectivity index (χ1) is 16.6. The number of anilines is 1. The number of benzene rings is 3. The fraction of sp³-hybridized carbons (Fsp3) is 0.296. The van der Waals surface area contributed by atoms with E-state index in [9.17, 15) is 13.2 Å². The number of nitrogens with one attached hydrogen (secondary N) is 1. The number of ether oxygens (including phenoxy) is 2. The van der Waals surface area contributed by atoms with Gasteiger partial charge in [0, 0.05) is 0 Å². The lowest BCUT2D eigenvalue weighted by Gasteiger charge is -2.26. The van der Waals surface area contributed by atoms with Crippen LogP contribution in [0.15, 0.2) is 65.6 Å². The summed E-state index contributed by atoms with van der Waals surface area (Å²) in [6.07, 6.45) is 0. The van der Waals surface area contributed by atoms with Gasteiger partial charge in [-0.1, -0.05) is 29.8 Å². The fourth-order valence-electron chi connectivity index (χ4n) is 4.08. The van der Waals surface area contributed by atoms with Gasteiger partial charge in [-0.25, -0.2) is 8.42 Å². The van der Waals surface area contributed by atoms with E-state index in [1.807, 2.05) is 52.0 Å². The maximum atomic E-state index is 13.6. The van der Waals surface area contributed by atoms with Gasteiger partial charge < -0.3 is 14.8 Å². The maximum absolute atomic E-state index is 13.6. The standard InChI is InChI=1S/C27H30N2O5S/c1-18-5-8-24(9-6-18)35(31,32)29(23-14-19(2)13-20(3)15-23)17-27(30)28-21(4)22-7-10-25-26(16-22)34-12-11-33-25/h5-10,13-16,21H,11-12,17H2,1-4H3,(H,28,30)/t21-/m1/s1. The summed E-state index contributed by atoms with van der Waals surface area (Å²) < 4.78 is 39.6. The Bertz CT molecular complexity index is 1320. The first-order valence-electron chi connectivity index (χ1n) is 11.5. The largest absolute Gasteiger partial charge is 0.486 e. The molecule has 0 saturated heterocycles. The monoisotopic (exact) mass is 494 g/mol. The molecule has 0 aliphatic carbocycles. The number of fused-ring (bicyclic) bond motifs is 1. The Morgan fingerprint density at radius 3 is 2.17 bits per heavy atom. The zero-order chi connectivity index (χ0) is 25.2. The van der Waals surface area contributed by atoms with E-state index >= 15 is 0 Å². The van der Waals surface area contributed by atoms with Crippen LogP contribution in [0.1, 0.15) is 35.2 Å². The van der Waals surface area contributed by atoms with Crippen molar-refractivity contribution in [3.63, 3.8) is 0 Å². The smallest absolute Gasteiger partial charge is 0.264 e. The lowest BCUT2D eigenvalue weighted by molar-refractivity contribution is -0.120. The number of carbonyl (C=O) groups is 1. The average Bonchev–Trinajstić information content (AvgIpc) is 2.81. The Labute approximate surface area is 206 Å². The Kier molecular flexibility index (Phi) is 7.03. The predicted molar refractivity (Wildman–Crippen MR) is 136 cm³/mol. The lowest BCUT2D eigenvalue weighted by atomic mass is 10.1. The number of hydrogen-bond donors (Lipinski definition) is 1. The maximum Gasteiger partial charge on any atom is 0.264 e. The van der Waals surface area contributed by atoms with E-state index in [0.29, 0.717) is 30.4 Å². The average molecular weight is 495 g/mol. The highest BCUT2D eigenvalue weighted by atomic mass is 32.2. The van der Waals surface area contributed by atoms with Gasteiger partial charge in [-0.3, -0.25) is 9.10 Å². The molecule has 0 spiro atoms. The highest BCUT2D eigenvalue weighted by Crippen LogP contribution is 2.32. The molecule has 0 radical (unpaired) electrons. The molecule has 1 aliphatic heterocycles.